The maximum atomic E-state index is 11.1. The monoisotopic (exact) mass is 275 g/mol. The maximum absolute atomic E-state index is 11.1. The summed E-state index contributed by atoms with van der Waals surface area (Å²) in [5.41, 5.74) is 1.18. The molecule has 1 aromatic heterocycles. The summed E-state index contributed by atoms with van der Waals surface area (Å²) in [6, 6.07) is 4.97. The third kappa shape index (κ3) is 2.41. The summed E-state index contributed by atoms with van der Waals surface area (Å²) >= 11 is 0. The Morgan fingerprint density at radius 2 is 2.30 bits per heavy atom. The molecule has 0 atom stereocenters. The minimum atomic E-state index is -0.976. The fourth-order valence-electron chi connectivity index (χ4n) is 2.71. The van der Waals surface area contributed by atoms with Crippen molar-refractivity contribution >= 4 is 17.1 Å². The Bertz CT molecular complexity index is 628. The molecular weight excluding hydrogens is 258 g/mol. The molecular formula is C15H17NO4. The van der Waals surface area contributed by atoms with Crippen LogP contribution in [0, 0.1) is 5.92 Å². The van der Waals surface area contributed by atoms with Crippen LogP contribution < -0.4 is 0 Å². The molecule has 1 N–H and O–H groups in total. The van der Waals surface area contributed by atoms with Gasteiger partial charge in [0.1, 0.15) is 5.52 Å². The van der Waals surface area contributed by atoms with Crippen LogP contribution in [0.5, 0.6) is 0 Å². The van der Waals surface area contributed by atoms with Gasteiger partial charge in [0, 0.05) is 13.0 Å². The van der Waals surface area contributed by atoms with Gasteiger partial charge in [0.25, 0.3) is 0 Å². The SMILES string of the molecule is CCOC1CC(Cc2nc3c(C(=O)O)cccc3o2)C1. The lowest BCUT2D eigenvalue weighted by molar-refractivity contribution is -0.0254. The Morgan fingerprint density at radius 3 is 3.00 bits per heavy atom. The fraction of sp³-hybridized carbons (Fsp3) is 0.467. The van der Waals surface area contributed by atoms with Crippen molar-refractivity contribution in [2.24, 2.45) is 5.92 Å². The van der Waals surface area contributed by atoms with Crippen molar-refractivity contribution in [1.29, 1.82) is 0 Å². The molecule has 106 valence electrons. The van der Waals surface area contributed by atoms with Crippen LogP contribution in [0.25, 0.3) is 11.1 Å². The first-order chi connectivity index (χ1) is 9.67. The Labute approximate surface area is 116 Å². The van der Waals surface area contributed by atoms with Gasteiger partial charge >= 0.3 is 5.97 Å². The van der Waals surface area contributed by atoms with E-state index >= 15 is 0 Å². The lowest BCUT2D eigenvalue weighted by Gasteiger charge is -2.34. The van der Waals surface area contributed by atoms with Crippen LogP contribution in [0.15, 0.2) is 22.6 Å². The Kier molecular flexibility index (Phi) is 3.44. The molecule has 1 aliphatic carbocycles. The normalized spacial score (nSPS) is 21.9. The van der Waals surface area contributed by atoms with Crippen molar-refractivity contribution in [3.63, 3.8) is 0 Å². The predicted octanol–water partition coefficient (Wildman–Crippen LogP) is 2.88. The molecule has 5 heteroatoms. The number of nitrogens with zero attached hydrogens (tertiary/aromatic N) is 1. The van der Waals surface area contributed by atoms with Crippen molar-refractivity contribution in [2.75, 3.05) is 6.61 Å². The van der Waals surface area contributed by atoms with E-state index in [4.69, 9.17) is 14.3 Å². The number of carboxylic acids is 1. The summed E-state index contributed by atoms with van der Waals surface area (Å²) < 4.78 is 11.2. The number of carboxylic acid groups (broad SMARTS) is 1. The van der Waals surface area contributed by atoms with Gasteiger partial charge in [-0.3, -0.25) is 0 Å². The molecule has 5 nitrogen and oxygen atoms in total. The number of ether oxygens (including phenoxy) is 1. The van der Waals surface area contributed by atoms with E-state index in [-0.39, 0.29) is 5.56 Å². The highest BCUT2D eigenvalue weighted by atomic mass is 16.5. The average Bonchev–Trinajstić information content (AvgIpc) is 2.78. The van der Waals surface area contributed by atoms with Crippen LogP contribution in [0.1, 0.15) is 36.0 Å². The number of aromatic carboxylic acids is 1. The van der Waals surface area contributed by atoms with Gasteiger partial charge in [-0.2, -0.15) is 0 Å². The first kappa shape index (κ1) is 13.1. The topological polar surface area (TPSA) is 72.6 Å². The molecule has 2 aromatic rings. The number of aromatic nitrogens is 1. The van der Waals surface area contributed by atoms with Gasteiger partial charge in [0.15, 0.2) is 11.5 Å². The second kappa shape index (κ2) is 5.25. The van der Waals surface area contributed by atoms with Crippen molar-refractivity contribution in [2.45, 2.75) is 32.3 Å². The highest BCUT2D eigenvalue weighted by molar-refractivity contribution is 6.00. The van der Waals surface area contributed by atoms with Crippen LogP contribution in [0.3, 0.4) is 0 Å². The summed E-state index contributed by atoms with van der Waals surface area (Å²) in [6.45, 7) is 2.75. The minimum absolute atomic E-state index is 0.193. The van der Waals surface area contributed by atoms with Crippen molar-refractivity contribution < 1.29 is 19.1 Å². The number of fused-ring (bicyclic) bond motifs is 1. The van der Waals surface area contributed by atoms with Crippen LogP contribution in [0.4, 0.5) is 0 Å². The van der Waals surface area contributed by atoms with Gasteiger partial charge < -0.3 is 14.3 Å². The summed E-state index contributed by atoms with van der Waals surface area (Å²) in [6.07, 6.45) is 3.16. The van der Waals surface area contributed by atoms with Crippen LogP contribution in [-0.2, 0) is 11.2 Å². The molecule has 0 unspecified atom stereocenters. The van der Waals surface area contributed by atoms with E-state index in [0.717, 1.165) is 25.9 Å². The summed E-state index contributed by atoms with van der Waals surface area (Å²) in [5, 5.41) is 9.13. The number of rotatable bonds is 5. The van der Waals surface area contributed by atoms with Crippen molar-refractivity contribution in [3.8, 4) is 0 Å². The minimum Gasteiger partial charge on any atom is -0.478 e. The molecule has 0 amide bonds. The number of hydrogen-bond donors (Lipinski definition) is 1. The van der Waals surface area contributed by atoms with Gasteiger partial charge in [0.2, 0.25) is 0 Å². The number of para-hydroxylation sites is 1. The van der Waals surface area contributed by atoms with Crippen molar-refractivity contribution in [3.05, 3.63) is 29.7 Å². The zero-order valence-electron chi connectivity index (χ0n) is 11.3. The molecule has 1 fully saturated rings. The van der Waals surface area contributed by atoms with Gasteiger partial charge in [-0.05, 0) is 37.8 Å². The smallest absolute Gasteiger partial charge is 0.338 e. The van der Waals surface area contributed by atoms with Crippen LogP contribution in [0.2, 0.25) is 0 Å². The first-order valence-corrected chi connectivity index (χ1v) is 6.90. The number of oxazole rings is 1. The number of hydrogen-bond acceptors (Lipinski definition) is 4. The third-order valence-electron chi connectivity index (χ3n) is 3.75. The van der Waals surface area contributed by atoms with Gasteiger partial charge in [-0.15, -0.1) is 0 Å². The molecule has 0 bridgehead atoms. The molecule has 1 aromatic carbocycles. The van der Waals surface area contributed by atoms with Gasteiger partial charge in [-0.1, -0.05) is 6.07 Å². The Morgan fingerprint density at radius 1 is 1.50 bits per heavy atom. The highest BCUT2D eigenvalue weighted by Gasteiger charge is 2.31. The zero-order chi connectivity index (χ0) is 14.1. The standard InChI is InChI=1S/C15H17NO4/c1-2-19-10-6-9(7-10)8-13-16-14-11(15(17)18)4-3-5-12(14)20-13/h3-5,9-10H,2,6-8H2,1H3,(H,17,18). The van der Waals surface area contributed by atoms with E-state index in [1.165, 1.54) is 0 Å². The second-order valence-electron chi connectivity index (χ2n) is 5.18. The summed E-state index contributed by atoms with van der Waals surface area (Å²) in [5.74, 6) is 0.164. The van der Waals surface area contributed by atoms with Crippen molar-refractivity contribution in [1.82, 2.24) is 4.98 Å². The lowest BCUT2D eigenvalue weighted by atomic mass is 9.80. The third-order valence-corrected chi connectivity index (χ3v) is 3.75. The van der Waals surface area contributed by atoms with E-state index in [1.54, 1.807) is 18.2 Å². The van der Waals surface area contributed by atoms with E-state index in [0.29, 0.717) is 29.0 Å². The van der Waals surface area contributed by atoms with E-state index in [2.05, 4.69) is 4.98 Å². The van der Waals surface area contributed by atoms with E-state index < -0.39 is 5.97 Å². The summed E-state index contributed by atoms with van der Waals surface area (Å²) in [4.78, 5) is 15.5. The zero-order valence-corrected chi connectivity index (χ0v) is 11.3. The Balaban J connectivity index is 1.74. The first-order valence-electron chi connectivity index (χ1n) is 6.90. The van der Waals surface area contributed by atoms with E-state index in [1.807, 2.05) is 6.92 Å². The fourth-order valence-corrected chi connectivity index (χ4v) is 2.71. The Hall–Kier alpha value is -1.88. The molecule has 0 spiro atoms. The molecule has 0 saturated heterocycles. The lowest BCUT2D eigenvalue weighted by Crippen LogP contribution is -2.32. The van der Waals surface area contributed by atoms with E-state index in [9.17, 15) is 4.79 Å². The van der Waals surface area contributed by atoms with Crippen LogP contribution >= 0.6 is 0 Å². The highest BCUT2D eigenvalue weighted by Crippen LogP contribution is 2.33. The van der Waals surface area contributed by atoms with Crippen LogP contribution in [-0.4, -0.2) is 28.8 Å². The molecule has 0 aliphatic heterocycles. The summed E-state index contributed by atoms with van der Waals surface area (Å²) in [7, 11) is 0. The molecule has 1 aliphatic rings. The van der Waals surface area contributed by atoms with Gasteiger partial charge in [0.05, 0.1) is 11.7 Å². The molecule has 3 rings (SSSR count). The predicted molar refractivity (Wildman–Crippen MR) is 72.8 cm³/mol. The average molecular weight is 275 g/mol. The molecule has 1 heterocycles. The number of carbonyl (C=O) groups is 1. The molecule has 0 radical (unpaired) electrons. The van der Waals surface area contributed by atoms with Gasteiger partial charge in [-0.25, -0.2) is 9.78 Å². The molecule has 20 heavy (non-hydrogen) atoms. The second-order valence-corrected chi connectivity index (χ2v) is 5.18. The quantitative estimate of drug-likeness (QED) is 0.908. The largest absolute Gasteiger partial charge is 0.478 e. The number of benzene rings is 1. The molecule has 1 saturated carbocycles. The maximum Gasteiger partial charge on any atom is 0.338 e.